The molecule has 0 aliphatic rings. The SMILES string of the molecule is CCOc1cc(/C=N\NC(=O)CNc2cccc3ccccc23)cc(Br)c1O. The largest absolute Gasteiger partial charge is 0.503 e. The molecule has 1 amide bonds. The summed E-state index contributed by atoms with van der Waals surface area (Å²) in [7, 11) is 0. The Bertz CT molecular complexity index is 1020. The molecule has 7 heteroatoms. The van der Waals surface area contributed by atoms with Gasteiger partial charge in [-0.05, 0) is 52.0 Å². The minimum absolute atomic E-state index is 0.0299. The smallest absolute Gasteiger partial charge is 0.259 e. The van der Waals surface area contributed by atoms with Crippen LogP contribution in [0.5, 0.6) is 11.5 Å². The van der Waals surface area contributed by atoms with Crippen LogP contribution < -0.4 is 15.5 Å². The van der Waals surface area contributed by atoms with Crippen molar-refractivity contribution in [3.05, 3.63) is 64.6 Å². The second kappa shape index (κ2) is 9.23. The Morgan fingerprint density at radius 3 is 2.82 bits per heavy atom. The lowest BCUT2D eigenvalue weighted by Crippen LogP contribution is -2.25. The van der Waals surface area contributed by atoms with Crippen molar-refractivity contribution in [3.8, 4) is 11.5 Å². The number of hydrogen-bond acceptors (Lipinski definition) is 5. The van der Waals surface area contributed by atoms with Crippen LogP contribution in [-0.4, -0.2) is 30.4 Å². The number of halogens is 1. The molecule has 0 saturated heterocycles. The molecular formula is C21H20BrN3O3. The van der Waals surface area contributed by atoms with Crippen molar-refractivity contribution < 1.29 is 14.6 Å². The van der Waals surface area contributed by atoms with Gasteiger partial charge in [0.15, 0.2) is 11.5 Å². The first-order valence-electron chi connectivity index (χ1n) is 8.77. The predicted octanol–water partition coefficient (Wildman–Crippen LogP) is 4.27. The van der Waals surface area contributed by atoms with Crippen LogP contribution in [0.3, 0.4) is 0 Å². The summed E-state index contributed by atoms with van der Waals surface area (Å²) in [6.07, 6.45) is 1.49. The van der Waals surface area contributed by atoms with E-state index in [0.29, 0.717) is 22.4 Å². The summed E-state index contributed by atoms with van der Waals surface area (Å²) < 4.78 is 5.86. The van der Waals surface area contributed by atoms with E-state index in [1.807, 2.05) is 49.4 Å². The quantitative estimate of drug-likeness (QED) is 0.377. The molecule has 0 fully saturated rings. The average Bonchev–Trinajstić information content (AvgIpc) is 2.70. The molecule has 3 N–H and O–H groups in total. The fraction of sp³-hybridized carbons (Fsp3) is 0.143. The molecule has 28 heavy (non-hydrogen) atoms. The van der Waals surface area contributed by atoms with Crippen LogP contribution in [0.25, 0.3) is 10.8 Å². The molecule has 3 aromatic rings. The predicted molar refractivity (Wildman–Crippen MR) is 115 cm³/mol. The third kappa shape index (κ3) is 4.80. The number of hydrazone groups is 1. The molecule has 0 saturated carbocycles. The Morgan fingerprint density at radius 1 is 1.21 bits per heavy atom. The Morgan fingerprint density at radius 2 is 2.00 bits per heavy atom. The number of phenols is 1. The molecule has 0 aromatic heterocycles. The molecule has 0 radical (unpaired) electrons. The van der Waals surface area contributed by atoms with Gasteiger partial charge < -0.3 is 15.2 Å². The summed E-state index contributed by atoms with van der Waals surface area (Å²) in [6, 6.07) is 17.2. The highest BCUT2D eigenvalue weighted by Gasteiger charge is 2.08. The van der Waals surface area contributed by atoms with Crippen LogP contribution in [0, 0.1) is 0 Å². The number of nitrogens with zero attached hydrogens (tertiary/aromatic N) is 1. The van der Waals surface area contributed by atoms with Crippen molar-refractivity contribution in [2.45, 2.75) is 6.92 Å². The second-order valence-electron chi connectivity index (χ2n) is 5.96. The maximum absolute atomic E-state index is 12.1. The van der Waals surface area contributed by atoms with Crippen molar-refractivity contribution in [3.63, 3.8) is 0 Å². The number of fused-ring (bicyclic) bond motifs is 1. The number of hydrogen-bond donors (Lipinski definition) is 3. The monoisotopic (exact) mass is 441 g/mol. The van der Waals surface area contributed by atoms with Crippen LogP contribution >= 0.6 is 15.9 Å². The summed E-state index contributed by atoms with van der Waals surface area (Å²) in [4.78, 5) is 12.1. The van der Waals surface area contributed by atoms with E-state index < -0.39 is 0 Å². The fourth-order valence-electron chi connectivity index (χ4n) is 2.71. The Hall–Kier alpha value is -3.06. The lowest BCUT2D eigenvalue weighted by Gasteiger charge is -2.09. The van der Waals surface area contributed by atoms with Gasteiger partial charge in [0, 0.05) is 11.1 Å². The molecule has 144 valence electrons. The number of carbonyl (C=O) groups excluding carboxylic acids is 1. The summed E-state index contributed by atoms with van der Waals surface area (Å²) in [6.45, 7) is 2.35. The normalized spacial score (nSPS) is 10.9. The van der Waals surface area contributed by atoms with Gasteiger partial charge in [-0.1, -0.05) is 36.4 Å². The maximum atomic E-state index is 12.1. The van der Waals surface area contributed by atoms with E-state index in [2.05, 4.69) is 31.8 Å². The number of rotatable bonds is 7. The van der Waals surface area contributed by atoms with Gasteiger partial charge in [-0.2, -0.15) is 5.10 Å². The maximum Gasteiger partial charge on any atom is 0.259 e. The van der Waals surface area contributed by atoms with Gasteiger partial charge in [0.1, 0.15) is 0 Å². The molecule has 0 spiro atoms. The molecule has 0 unspecified atom stereocenters. The minimum atomic E-state index is -0.271. The summed E-state index contributed by atoms with van der Waals surface area (Å²) in [5, 5.41) is 19.2. The van der Waals surface area contributed by atoms with Crippen molar-refractivity contribution >= 4 is 44.5 Å². The summed E-state index contributed by atoms with van der Waals surface area (Å²) >= 11 is 3.27. The van der Waals surface area contributed by atoms with Gasteiger partial charge >= 0.3 is 0 Å². The minimum Gasteiger partial charge on any atom is -0.503 e. The highest BCUT2D eigenvalue weighted by Crippen LogP contribution is 2.35. The molecule has 6 nitrogen and oxygen atoms in total. The number of ether oxygens (including phenoxy) is 1. The highest BCUT2D eigenvalue weighted by atomic mass is 79.9. The van der Waals surface area contributed by atoms with Gasteiger partial charge in [-0.3, -0.25) is 4.79 Å². The first kappa shape index (κ1) is 19.7. The number of anilines is 1. The molecule has 0 atom stereocenters. The topological polar surface area (TPSA) is 83.0 Å². The van der Waals surface area contributed by atoms with Crippen LogP contribution in [0.15, 0.2) is 64.2 Å². The van der Waals surface area contributed by atoms with E-state index in [-0.39, 0.29) is 18.2 Å². The second-order valence-corrected chi connectivity index (χ2v) is 6.81. The van der Waals surface area contributed by atoms with Gasteiger partial charge in [-0.15, -0.1) is 0 Å². The van der Waals surface area contributed by atoms with E-state index >= 15 is 0 Å². The molecule has 0 aliphatic carbocycles. The van der Waals surface area contributed by atoms with Crippen molar-refractivity contribution in [2.75, 3.05) is 18.5 Å². The van der Waals surface area contributed by atoms with Crippen LogP contribution in [0.4, 0.5) is 5.69 Å². The number of aromatic hydroxyl groups is 1. The molecule has 0 heterocycles. The lowest BCUT2D eigenvalue weighted by atomic mass is 10.1. The first-order chi connectivity index (χ1) is 13.6. The van der Waals surface area contributed by atoms with Crippen molar-refractivity contribution in [1.82, 2.24) is 5.43 Å². The molecule has 3 aromatic carbocycles. The van der Waals surface area contributed by atoms with Crippen molar-refractivity contribution in [2.24, 2.45) is 5.10 Å². The zero-order valence-electron chi connectivity index (χ0n) is 15.3. The number of nitrogens with one attached hydrogen (secondary N) is 2. The zero-order chi connectivity index (χ0) is 19.9. The van der Waals surface area contributed by atoms with Gasteiger partial charge in [0.2, 0.25) is 0 Å². The van der Waals surface area contributed by atoms with Crippen LogP contribution in [0.2, 0.25) is 0 Å². The molecule has 3 rings (SSSR count). The number of phenolic OH excluding ortho intramolecular Hbond substituents is 1. The number of amides is 1. The summed E-state index contributed by atoms with van der Waals surface area (Å²) in [5.74, 6) is 0.108. The Kier molecular flexibility index (Phi) is 6.49. The van der Waals surface area contributed by atoms with Crippen LogP contribution in [0.1, 0.15) is 12.5 Å². The highest BCUT2D eigenvalue weighted by molar-refractivity contribution is 9.10. The molecule has 0 aliphatic heterocycles. The standard InChI is InChI=1S/C21H20BrN3O3/c1-2-28-19-11-14(10-17(22)21(19)27)12-24-25-20(26)13-23-18-9-5-7-15-6-3-4-8-16(15)18/h3-12,23,27H,2,13H2,1H3,(H,25,26)/b24-12-. The fourth-order valence-corrected chi connectivity index (χ4v) is 3.17. The van der Waals surface area contributed by atoms with Crippen LogP contribution in [-0.2, 0) is 4.79 Å². The van der Waals surface area contributed by atoms with E-state index in [1.165, 1.54) is 6.21 Å². The number of benzene rings is 3. The molecule has 0 bridgehead atoms. The number of carbonyl (C=O) groups is 1. The van der Waals surface area contributed by atoms with E-state index in [4.69, 9.17) is 4.74 Å². The van der Waals surface area contributed by atoms with Crippen molar-refractivity contribution in [1.29, 1.82) is 0 Å². The van der Waals surface area contributed by atoms with E-state index in [0.717, 1.165) is 16.5 Å². The van der Waals surface area contributed by atoms with E-state index in [1.54, 1.807) is 12.1 Å². The average molecular weight is 442 g/mol. The third-order valence-corrected chi connectivity index (χ3v) is 4.59. The van der Waals surface area contributed by atoms with Gasteiger partial charge in [0.05, 0.1) is 23.8 Å². The first-order valence-corrected chi connectivity index (χ1v) is 9.56. The third-order valence-electron chi connectivity index (χ3n) is 3.98. The molecular weight excluding hydrogens is 422 g/mol. The zero-order valence-corrected chi connectivity index (χ0v) is 16.9. The summed E-state index contributed by atoms with van der Waals surface area (Å²) in [5.41, 5.74) is 4.05. The Balaban J connectivity index is 1.60. The Labute approximate surface area is 171 Å². The lowest BCUT2D eigenvalue weighted by molar-refractivity contribution is -0.119. The van der Waals surface area contributed by atoms with Gasteiger partial charge in [0.25, 0.3) is 5.91 Å². The van der Waals surface area contributed by atoms with E-state index in [9.17, 15) is 9.90 Å². The van der Waals surface area contributed by atoms with Gasteiger partial charge in [-0.25, -0.2) is 5.43 Å².